The fraction of sp³-hybridized carbons (Fsp3) is 0.636. The van der Waals surface area contributed by atoms with Crippen molar-refractivity contribution in [1.82, 2.24) is 20.2 Å². The van der Waals surface area contributed by atoms with Gasteiger partial charge in [-0.15, -0.1) is 0 Å². The molecule has 2 rings (SSSR count). The lowest BCUT2D eigenvalue weighted by Gasteiger charge is -2.31. The Kier molecular flexibility index (Phi) is 3.33. The molecule has 1 unspecified atom stereocenters. The summed E-state index contributed by atoms with van der Waals surface area (Å²) in [4.78, 5) is 26.7. The van der Waals surface area contributed by atoms with Gasteiger partial charge in [0.15, 0.2) is 0 Å². The van der Waals surface area contributed by atoms with Crippen molar-refractivity contribution in [2.45, 2.75) is 18.9 Å². The van der Waals surface area contributed by atoms with Crippen molar-refractivity contribution in [2.24, 2.45) is 0 Å². The first-order chi connectivity index (χ1) is 8.09. The Morgan fingerprint density at radius 3 is 3.00 bits per heavy atom. The molecule has 17 heavy (non-hydrogen) atoms. The van der Waals surface area contributed by atoms with Crippen LogP contribution in [-0.4, -0.2) is 59.8 Å². The van der Waals surface area contributed by atoms with E-state index in [0.29, 0.717) is 13.0 Å². The topological polar surface area (TPSA) is 55.9 Å². The van der Waals surface area contributed by atoms with E-state index in [1.165, 1.54) is 0 Å². The predicted octanol–water partition coefficient (Wildman–Crippen LogP) is -0.643. The molecule has 0 spiro atoms. The molecular weight excluding hydrogens is 220 g/mol. The van der Waals surface area contributed by atoms with Gasteiger partial charge in [-0.2, -0.15) is 0 Å². The third-order valence-corrected chi connectivity index (χ3v) is 3.09. The van der Waals surface area contributed by atoms with E-state index in [9.17, 15) is 9.59 Å². The third-order valence-electron chi connectivity index (χ3n) is 3.09. The molecular formula is C11H18N4O2. The van der Waals surface area contributed by atoms with Gasteiger partial charge >= 0.3 is 0 Å². The molecule has 0 saturated carbocycles. The number of rotatable bonds is 3. The number of fused-ring (bicyclic) bond motifs is 1. The quantitative estimate of drug-likeness (QED) is 0.710. The van der Waals surface area contributed by atoms with Crippen molar-refractivity contribution in [3.8, 4) is 0 Å². The Morgan fingerprint density at radius 1 is 1.53 bits per heavy atom. The summed E-state index contributed by atoms with van der Waals surface area (Å²) in [5.41, 5.74) is 3.12. The first-order valence-electron chi connectivity index (χ1n) is 5.80. The minimum atomic E-state index is -0.102. The van der Waals surface area contributed by atoms with Crippen LogP contribution in [0.4, 0.5) is 0 Å². The summed E-state index contributed by atoms with van der Waals surface area (Å²) < 4.78 is 0. The summed E-state index contributed by atoms with van der Waals surface area (Å²) in [5, 5.41) is 1.84. The van der Waals surface area contributed by atoms with Gasteiger partial charge in [0.25, 0.3) is 5.91 Å². The van der Waals surface area contributed by atoms with Gasteiger partial charge in [-0.05, 0) is 6.42 Å². The van der Waals surface area contributed by atoms with E-state index in [4.69, 9.17) is 0 Å². The van der Waals surface area contributed by atoms with Crippen molar-refractivity contribution < 1.29 is 9.59 Å². The minimum Gasteiger partial charge on any atom is -0.349 e. The smallest absolute Gasteiger partial charge is 0.250 e. The number of hydrazine groups is 1. The van der Waals surface area contributed by atoms with Gasteiger partial charge in [-0.3, -0.25) is 9.59 Å². The molecule has 1 fully saturated rings. The second kappa shape index (κ2) is 4.75. The third kappa shape index (κ3) is 2.41. The van der Waals surface area contributed by atoms with Crippen LogP contribution in [0.5, 0.6) is 0 Å². The minimum absolute atomic E-state index is 0.0400. The molecule has 94 valence electrons. The van der Waals surface area contributed by atoms with Gasteiger partial charge < -0.3 is 14.8 Å². The molecule has 6 heteroatoms. The zero-order valence-corrected chi connectivity index (χ0v) is 10.2. The van der Waals surface area contributed by atoms with Gasteiger partial charge in [-0.1, -0.05) is 0 Å². The Hall–Kier alpha value is -1.56. The number of amides is 2. The van der Waals surface area contributed by atoms with E-state index in [2.05, 4.69) is 5.43 Å². The Labute approximate surface area is 101 Å². The van der Waals surface area contributed by atoms with Gasteiger partial charge in [0.1, 0.15) is 6.04 Å². The lowest BCUT2D eigenvalue weighted by atomic mass is 10.1. The van der Waals surface area contributed by atoms with Crippen LogP contribution in [0.25, 0.3) is 0 Å². The summed E-state index contributed by atoms with van der Waals surface area (Å²) in [6.45, 7) is 1.28. The van der Waals surface area contributed by atoms with Crippen LogP contribution >= 0.6 is 0 Å². The number of carbonyl (C=O) groups excluding carboxylic acids is 2. The second-order valence-corrected chi connectivity index (χ2v) is 4.49. The van der Waals surface area contributed by atoms with E-state index in [0.717, 1.165) is 13.0 Å². The zero-order valence-electron chi connectivity index (χ0n) is 10.2. The highest BCUT2D eigenvalue weighted by molar-refractivity contribution is 5.85. The van der Waals surface area contributed by atoms with Crippen molar-refractivity contribution in [1.29, 1.82) is 0 Å². The lowest BCUT2D eigenvalue weighted by molar-refractivity contribution is -0.135. The Bertz CT molecular complexity index is 353. The van der Waals surface area contributed by atoms with Crippen molar-refractivity contribution in [3.63, 3.8) is 0 Å². The van der Waals surface area contributed by atoms with Crippen LogP contribution in [-0.2, 0) is 9.59 Å². The van der Waals surface area contributed by atoms with Crippen LogP contribution in [0, 0.1) is 0 Å². The van der Waals surface area contributed by atoms with E-state index >= 15 is 0 Å². The van der Waals surface area contributed by atoms with Crippen molar-refractivity contribution >= 4 is 11.8 Å². The Morgan fingerprint density at radius 2 is 2.29 bits per heavy atom. The molecule has 0 bridgehead atoms. The maximum Gasteiger partial charge on any atom is 0.250 e. The van der Waals surface area contributed by atoms with Crippen molar-refractivity contribution in [2.75, 3.05) is 27.2 Å². The van der Waals surface area contributed by atoms with Gasteiger partial charge in [-0.25, -0.2) is 5.43 Å². The molecule has 2 amide bonds. The van der Waals surface area contributed by atoms with Crippen LogP contribution in [0.1, 0.15) is 12.8 Å². The molecule has 2 heterocycles. The maximum atomic E-state index is 12.1. The van der Waals surface area contributed by atoms with Gasteiger partial charge in [0.05, 0.1) is 0 Å². The highest BCUT2D eigenvalue weighted by Crippen LogP contribution is 2.17. The summed E-state index contributed by atoms with van der Waals surface area (Å²) in [6, 6.07) is -0.102. The van der Waals surface area contributed by atoms with Crippen LogP contribution in [0.3, 0.4) is 0 Å². The van der Waals surface area contributed by atoms with Crippen LogP contribution in [0.15, 0.2) is 12.4 Å². The van der Waals surface area contributed by atoms with Gasteiger partial charge in [0.2, 0.25) is 5.91 Å². The average Bonchev–Trinajstić information content (AvgIpc) is 2.76. The number of nitrogens with one attached hydrogen (secondary N) is 1. The number of nitrogens with zero attached hydrogens (tertiary/aromatic N) is 3. The maximum absolute atomic E-state index is 12.1. The molecule has 1 atom stereocenters. The second-order valence-electron chi connectivity index (χ2n) is 4.49. The summed E-state index contributed by atoms with van der Waals surface area (Å²) in [6.07, 6.45) is 4.78. The van der Waals surface area contributed by atoms with E-state index in [1.54, 1.807) is 30.1 Å². The zero-order chi connectivity index (χ0) is 12.4. The highest BCUT2D eigenvalue weighted by Gasteiger charge is 2.34. The fourth-order valence-corrected chi connectivity index (χ4v) is 2.02. The van der Waals surface area contributed by atoms with Crippen molar-refractivity contribution in [3.05, 3.63) is 12.4 Å². The molecule has 0 aliphatic carbocycles. The predicted molar refractivity (Wildman–Crippen MR) is 62.4 cm³/mol. The van der Waals surface area contributed by atoms with E-state index in [1.807, 2.05) is 11.2 Å². The summed E-state index contributed by atoms with van der Waals surface area (Å²) >= 11 is 0. The average molecular weight is 238 g/mol. The first kappa shape index (κ1) is 11.9. The molecule has 0 aromatic carbocycles. The SMILES string of the molecule is CN(C)C(=O)CCN1C=CN2NCCC2C1=O. The summed E-state index contributed by atoms with van der Waals surface area (Å²) in [5.74, 6) is 0.113. The van der Waals surface area contributed by atoms with Crippen LogP contribution < -0.4 is 5.43 Å². The normalized spacial score (nSPS) is 22.9. The molecule has 2 aliphatic rings. The molecule has 1 N–H and O–H groups in total. The molecule has 0 aromatic rings. The van der Waals surface area contributed by atoms with Crippen LogP contribution in [0.2, 0.25) is 0 Å². The number of hydrogen-bond donors (Lipinski definition) is 1. The molecule has 2 aliphatic heterocycles. The van der Waals surface area contributed by atoms with E-state index < -0.39 is 0 Å². The number of carbonyl (C=O) groups is 2. The van der Waals surface area contributed by atoms with E-state index in [-0.39, 0.29) is 17.9 Å². The molecule has 0 aromatic heterocycles. The lowest BCUT2D eigenvalue weighted by Crippen LogP contribution is -2.48. The fourth-order valence-electron chi connectivity index (χ4n) is 2.02. The first-order valence-corrected chi connectivity index (χ1v) is 5.80. The summed E-state index contributed by atoms with van der Waals surface area (Å²) in [7, 11) is 3.44. The van der Waals surface area contributed by atoms with Gasteiger partial charge in [0, 0.05) is 46.0 Å². The Balaban J connectivity index is 1.92. The highest BCUT2D eigenvalue weighted by atomic mass is 16.2. The monoisotopic (exact) mass is 238 g/mol. The largest absolute Gasteiger partial charge is 0.349 e. The molecule has 0 radical (unpaired) electrons. The molecule has 6 nitrogen and oxygen atoms in total. The standard InChI is InChI=1S/C11H18N4O2/c1-13(2)10(16)4-6-14-7-8-15-9(11(14)17)3-5-12-15/h7-9,12H,3-6H2,1-2H3. The number of hydrogen-bond acceptors (Lipinski definition) is 4. The molecule has 1 saturated heterocycles.